The summed E-state index contributed by atoms with van der Waals surface area (Å²) < 4.78 is 5.19. The Labute approximate surface area is 186 Å². The molecule has 2 N–H and O–H groups in total. The van der Waals surface area contributed by atoms with Crippen LogP contribution in [0.25, 0.3) is 0 Å². The van der Waals surface area contributed by atoms with Crippen LogP contribution >= 0.6 is 11.6 Å². The van der Waals surface area contributed by atoms with Crippen molar-refractivity contribution in [1.82, 2.24) is 15.3 Å². The van der Waals surface area contributed by atoms with Gasteiger partial charge >= 0.3 is 0 Å². The smallest absolute Gasteiger partial charge is 0.251 e. The third kappa shape index (κ3) is 5.44. The summed E-state index contributed by atoms with van der Waals surface area (Å²) in [4.78, 5) is 23.6. The molecule has 1 aromatic heterocycles. The number of hydrogen-bond donors (Lipinski definition) is 2. The Balaban J connectivity index is 1.32. The molecule has 2 aromatic carbocycles. The molecule has 0 spiro atoms. The number of nitrogens with one attached hydrogen (secondary N) is 2. The first-order chi connectivity index (χ1) is 15.1. The summed E-state index contributed by atoms with van der Waals surface area (Å²) in [5.41, 5.74) is 1.54. The molecule has 1 fully saturated rings. The van der Waals surface area contributed by atoms with E-state index in [2.05, 4.69) is 25.5 Å². The van der Waals surface area contributed by atoms with Gasteiger partial charge in [0.15, 0.2) is 0 Å². The highest BCUT2D eigenvalue weighted by Crippen LogP contribution is 2.22. The van der Waals surface area contributed by atoms with Gasteiger partial charge in [-0.05, 0) is 67.4 Å². The van der Waals surface area contributed by atoms with E-state index in [9.17, 15) is 4.79 Å². The number of methoxy groups -OCH3 is 1. The molecule has 7 nitrogen and oxygen atoms in total. The van der Waals surface area contributed by atoms with E-state index in [1.807, 2.05) is 30.3 Å². The zero-order valence-electron chi connectivity index (χ0n) is 17.2. The van der Waals surface area contributed by atoms with Crippen molar-refractivity contribution in [3.63, 3.8) is 0 Å². The lowest BCUT2D eigenvalue weighted by Gasteiger charge is -2.32. The summed E-state index contributed by atoms with van der Waals surface area (Å²) in [6, 6.07) is 16.6. The molecule has 8 heteroatoms. The van der Waals surface area contributed by atoms with E-state index >= 15 is 0 Å². The zero-order chi connectivity index (χ0) is 21.6. The highest BCUT2D eigenvalue weighted by Gasteiger charge is 2.23. The summed E-state index contributed by atoms with van der Waals surface area (Å²) in [5.74, 6) is 2.14. The summed E-state index contributed by atoms with van der Waals surface area (Å²) in [5, 5.41) is 7.02. The standard InChI is InChI=1S/C23H24ClN5O2/c1-31-20-8-6-18(7-9-20)26-21-10-13-25-23(28-21)29-14-11-19(12-15-29)27-22(30)16-2-4-17(24)5-3-16/h2-10,13,19H,11-12,14-15H2,1H3,(H,27,30)(H,25,26,28). The van der Waals surface area contributed by atoms with E-state index in [1.165, 1.54) is 0 Å². The molecular weight excluding hydrogens is 414 g/mol. The van der Waals surface area contributed by atoms with Crippen LogP contribution < -0.4 is 20.3 Å². The van der Waals surface area contributed by atoms with Gasteiger partial charge in [0.1, 0.15) is 11.6 Å². The lowest BCUT2D eigenvalue weighted by molar-refractivity contribution is 0.0931. The predicted octanol–water partition coefficient (Wildman–Crippen LogP) is 4.28. The minimum absolute atomic E-state index is 0.0722. The van der Waals surface area contributed by atoms with Gasteiger partial charge < -0.3 is 20.3 Å². The SMILES string of the molecule is COc1ccc(Nc2ccnc(N3CCC(NC(=O)c4ccc(Cl)cc4)CC3)n2)cc1. The van der Waals surface area contributed by atoms with Crippen molar-refractivity contribution in [3.05, 3.63) is 71.4 Å². The molecule has 0 bridgehead atoms. The highest BCUT2D eigenvalue weighted by molar-refractivity contribution is 6.30. The molecule has 3 aromatic rings. The molecular formula is C23H24ClN5O2. The predicted molar refractivity (Wildman–Crippen MR) is 122 cm³/mol. The van der Waals surface area contributed by atoms with Crippen molar-refractivity contribution in [1.29, 1.82) is 0 Å². The van der Waals surface area contributed by atoms with Crippen molar-refractivity contribution in [2.24, 2.45) is 0 Å². The number of halogens is 1. The van der Waals surface area contributed by atoms with Crippen molar-refractivity contribution < 1.29 is 9.53 Å². The van der Waals surface area contributed by atoms with Crippen molar-refractivity contribution in [2.45, 2.75) is 18.9 Å². The van der Waals surface area contributed by atoms with Gasteiger partial charge in [0, 0.05) is 41.6 Å². The number of piperidine rings is 1. The van der Waals surface area contributed by atoms with Gasteiger partial charge in [-0.3, -0.25) is 4.79 Å². The van der Waals surface area contributed by atoms with Gasteiger partial charge in [-0.2, -0.15) is 4.98 Å². The Morgan fingerprint density at radius 3 is 2.45 bits per heavy atom. The quantitative estimate of drug-likeness (QED) is 0.599. The van der Waals surface area contributed by atoms with Crippen LogP contribution in [0, 0.1) is 0 Å². The zero-order valence-corrected chi connectivity index (χ0v) is 18.0. The van der Waals surface area contributed by atoms with Gasteiger partial charge in [0.2, 0.25) is 5.95 Å². The van der Waals surface area contributed by atoms with E-state index < -0.39 is 0 Å². The number of benzene rings is 2. The third-order valence-electron chi connectivity index (χ3n) is 5.22. The summed E-state index contributed by atoms with van der Waals surface area (Å²) in [7, 11) is 1.64. The number of hydrogen-bond acceptors (Lipinski definition) is 6. The number of amides is 1. The van der Waals surface area contributed by atoms with Crippen LogP contribution in [-0.4, -0.2) is 42.1 Å². The fourth-order valence-corrected chi connectivity index (χ4v) is 3.61. The second-order valence-corrected chi connectivity index (χ2v) is 7.77. The Kier molecular flexibility index (Phi) is 6.52. The topological polar surface area (TPSA) is 79.4 Å². The van der Waals surface area contributed by atoms with Crippen molar-refractivity contribution in [3.8, 4) is 5.75 Å². The average Bonchev–Trinajstić information content (AvgIpc) is 2.81. The number of aromatic nitrogens is 2. The summed E-state index contributed by atoms with van der Waals surface area (Å²) in [6.45, 7) is 1.55. The Hall–Kier alpha value is -3.32. The molecule has 1 amide bonds. The molecule has 1 aliphatic rings. The van der Waals surface area contributed by atoms with Gasteiger partial charge in [-0.15, -0.1) is 0 Å². The lowest BCUT2D eigenvalue weighted by atomic mass is 10.0. The Morgan fingerprint density at radius 2 is 1.77 bits per heavy atom. The minimum Gasteiger partial charge on any atom is -0.497 e. The van der Waals surface area contributed by atoms with Crippen LogP contribution in [0.3, 0.4) is 0 Å². The normalized spacial score (nSPS) is 14.2. The number of ether oxygens (including phenoxy) is 1. The molecule has 0 aliphatic carbocycles. The Bertz CT molecular complexity index is 1020. The number of rotatable bonds is 6. The van der Waals surface area contributed by atoms with E-state index in [-0.39, 0.29) is 11.9 Å². The van der Waals surface area contributed by atoms with Gasteiger partial charge in [0.25, 0.3) is 5.91 Å². The number of anilines is 3. The number of carbonyl (C=O) groups excluding carboxylic acids is 1. The molecule has 1 saturated heterocycles. The van der Waals surface area contributed by atoms with E-state index in [4.69, 9.17) is 16.3 Å². The van der Waals surface area contributed by atoms with Gasteiger partial charge in [-0.1, -0.05) is 11.6 Å². The van der Waals surface area contributed by atoms with E-state index in [1.54, 1.807) is 37.6 Å². The van der Waals surface area contributed by atoms with Gasteiger partial charge in [-0.25, -0.2) is 4.98 Å². The summed E-state index contributed by atoms with van der Waals surface area (Å²) in [6.07, 6.45) is 3.42. The van der Waals surface area contributed by atoms with Crippen LogP contribution in [0.5, 0.6) is 5.75 Å². The lowest BCUT2D eigenvalue weighted by Crippen LogP contribution is -2.45. The average molecular weight is 438 g/mol. The fraction of sp³-hybridized carbons (Fsp3) is 0.261. The number of carbonyl (C=O) groups is 1. The summed E-state index contributed by atoms with van der Waals surface area (Å²) >= 11 is 5.89. The van der Waals surface area contributed by atoms with Crippen LogP contribution in [0.1, 0.15) is 23.2 Å². The maximum absolute atomic E-state index is 12.4. The van der Waals surface area contributed by atoms with E-state index in [0.29, 0.717) is 16.5 Å². The molecule has 4 rings (SSSR count). The van der Waals surface area contributed by atoms with Crippen LogP contribution in [0.4, 0.5) is 17.5 Å². The monoisotopic (exact) mass is 437 g/mol. The first-order valence-corrected chi connectivity index (χ1v) is 10.5. The Morgan fingerprint density at radius 1 is 1.06 bits per heavy atom. The van der Waals surface area contributed by atoms with Crippen LogP contribution in [0.15, 0.2) is 60.8 Å². The largest absolute Gasteiger partial charge is 0.497 e. The molecule has 0 saturated carbocycles. The molecule has 0 radical (unpaired) electrons. The number of nitrogens with zero attached hydrogens (tertiary/aromatic N) is 3. The van der Waals surface area contributed by atoms with Crippen molar-refractivity contribution in [2.75, 3.05) is 30.4 Å². The minimum atomic E-state index is -0.0722. The van der Waals surface area contributed by atoms with Crippen LogP contribution in [0.2, 0.25) is 5.02 Å². The van der Waals surface area contributed by atoms with Crippen molar-refractivity contribution >= 4 is 35.0 Å². The van der Waals surface area contributed by atoms with E-state index in [0.717, 1.165) is 43.2 Å². The first-order valence-electron chi connectivity index (χ1n) is 10.2. The highest BCUT2D eigenvalue weighted by atomic mass is 35.5. The molecule has 1 aliphatic heterocycles. The molecule has 2 heterocycles. The third-order valence-corrected chi connectivity index (χ3v) is 5.48. The molecule has 160 valence electrons. The molecule has 0 unspecified atom stereocenters. The maximum atomic E-state index is 12.4. The molecule has 0 atom stereocenters. The fourth-order valence-electron chi connectivity index (χ4n) is 3.49. The second-order valence-electron chi connectivity index (χ2n) is 7.34. The van der Waals surface area contributed by atoms with Crippen LogP contribution in [-0.2, 0) is 0 Å². The van der Waals surface area contributed by atoms with Gasteiger partial charge in [0.05, 0.1) is 7.11 Å². The first kappa shape index (κ1) is 20.9. The molecule has 31 heavy (non-hydrogen) atoms. The second kappa shape index (κ2) is 9.66. The maximum Gasteiger partial charge on any atom is 0.251 e.